The van der Waals surface area contributed by atoms with Gasteiger partial charge in [-0.3, -0.25) is 4.99 Å². The molecule has 0 aliphatic carbocycles. The van der Waals surface area contributed by atoms with Gasteiger partial charge in [0.25, 0.3) is 0 Å². The molecule has 0 bridgehead atoms. The van der Waals surface area contributed by atoms with Gasteiger partial charge in [0.05, 0.1) is 19.9 Å². The van der Waals surface area contributed by atoms with Crippen molar-refractivity contribution in [1.82, 2.24) is 0 Å². The average molecular weight is 423 g/mol. The van der Waals surface area contributed by atoms with Gasteiger partial charge < -0.3 is 20.5 Å². The molecule has 0 fully saturated rings. The van der Waals surface area contributed by atoms with E-state index in [2.05, 4.69) is 10.3 Å². The number of amidine groups is 1. The molecular formula is C24H23F2N3O2. The van der Waals surface area contributed by atoms with Crippen LogP contribution in [-0.4, -0.2) is 26.6 Å². The van der Waals surface area contributed by atoms with E-state index in [1.807, 2.05) is 36.4 Å². The molecule has 1 unspecified atom stereocenters. The lowest BCUT2D eigenvalue weighted by molar-refractivity contribution is 0.354. The SMILES string of the molecule is COc1cc2c(cc1OC)C(Cc1ccc(N)cc1)CN=C2Nc1ccc(F)cc1F. The summed E-state index contributed by atoms with van der Waals surface area (Å²) in [5.74, 6) is 0.413. The second-order valence-electron chi connectivity index (χ2n) is 7.38. The normalized spacial score (nSPS) is 15.1. The number of anilines is 2. The van der Waals surface area contributed by atoms with Crippen LogP contribution in [0.2, 0.25) is 0 Å². The fourth-order valence-electron chi connectivity index (χ4n) is 3.76. The van der Waals surface area contributed by atoms with Gasteiger partial charge in [0.1, 0.15) is 17.5 Å². The standard InChI is InChI=1S/C24H23F2N3O2/c1-30-22-11-18-15(9-14-3-6-17(27)7-4-14)13-28-24(19(18)12-23(22)31-2)29-21-8-5-16(25)10-20(21)26/h3-8,10-12,15H,9,13,27H2,1-2H3,(H,28,29). The summed E-state index contributed by atoms with van der Waals surface area (Å²) in [4.78, 5) is 4.68. The first-order valence-corrected chi connectivity index (χ1v) is 9.85. The number of halogens is 2. The maximum atomic E-state index is 14.2. The van der Waals surface area contributed by atoms with E-state index in [1.54, 1.807) is 14.2 Å². The smallest absolute Gasteiger partial charge is 0.161 e. The summed E-state index contributed by atoms with van der Waals surface area (Å²) in [7, 11) is 3.14. The zero-order chi connectivity index (χ0) is 22.0. The molecule has 1 heterocycles. The van der Waals surface area contributed by atoms with Gasteiger partial charge in [-0.15, -0.1) is 0 Å². The Labute approximate surface area is 179 Å². The van der Waals surface area contributed by atoms with Crippen molar-refractivity contribution < 1.29 is 18.3 Å². The van der Waals surface area contributed by atoms with E-state index < -0.39 is 11.6 Å². The highest BCUT2D eigenvalue weighted by Gasteiger charge is 2.26. The number of aliphatic imine (C=N–C) groups is 1. The van der Waals surface area contributed by atoms with Crippen molar-refractivity contribution in [2.75, 3.05) is 31.8 Å². The molecule has 5 nitrogen and oxygen atoms in total. The quantitative estimate of drug-likeness (QED) is 0.581. The number of hydrogen-bond acceptors (Lipinski definition) is 5. The number of benzene rings is 3. The predicted octanol–water partition coefficient (Wildman–Crippen LogP) is 4.76. The molecule has 0 saturated heterocycles. The summed E-state index contributed by atoms with van der Waals surface area (Å²) in [6.07, 6.45) is 0.754. The molecule has 160 valence electrons. The first kappa shape index (κ1) is 20.7. The predicted molar refractivity (Wildman–Crippen MR) is 118 cm³/mol. The number of methoxy groups -OCH3 is 2. The van der Waals surface area contributed by atoms with Crippen molar-refractivity contribution >= 4 is 17.2 Å². The highest BCUT2D eigenvalue weighted by molar-refractivity contribution is 6.10. The lowest BCUT2D eigenvalue weighted by atomic mass is 9.86. The minimum absolute atomic E-state index is 0.0852. The summed E-state index contributed by atoms with van der Waals surface area (Å²) in [6.45, 7) is 0.498. The Balaban J connectivity index is 1.72. The topological polar surface area (TPSA) is 68.9 Å². The number of nitrogen functional groups attached to an aromatic ring is 1. The maximum absolute atomic E-state index is 14.2. The minimum Gasteiger partial charge on any atom is -0.493 e. The molecule has 0 saturated carbocycles. The third kappa shape index (κ3) is 4.30. The van der Waals surface area contributed by atoms with Crippen LogP contribution in [-0.2, 0) is 6.42 Å². The van der Waals surface area contributed by atoms with Crippen molar-refractivity contribution in [2.45, 2.75) is 12.3 Å². The monoisotopic (exact) mass is 423 g/mol. The molecule has 0 amide bonds. The Morgan fingerprint density at radius 1 is 1.00 bits per heavy atom. The van der Waals surface area contributed by atoms with Gasteiger partial charge in [-0.05, 0) is 53.9 Å². The van der Waals surface area contributed by atoms with Crippen LogP contribution in [0.15, 0.2) is 59.6 Å². The van der Waals surface area contributed by atoms with Gasteiger partial charge in [0, 0.05) is 29.8 Å². The fraction of sp³-hybridized carbons (Fsp3) is 0.208. The molecule has 0 radical (unpaired) electrons. The molecule has 0 aromatic heterocycles. The molecule has 1 aliphatic rings. The van der Waals surface area contributed by atoms with E-state index in [9.17, 15) is 8.78 Å². The molecule has 1 aliphatic heterocycles. The van der Waals surface area contributed by atoms with Crippen molar-refractivity contribution in [2.24, 2.45) is 4.99 Å². The number of hydrogen-bond donors (Lipinski definition) is 2. The van der Waals surface area contributed by atoms with Gasteiger partial charge in [-0.25, -0.2) is 8.78 Å². The van der Waals surface area contributed by atoms with Crippen molar-refractivity contribution in [3.8, 4) is 11.5 Å². The van der Waals surface area contributed by atoms with Gasteiger partial charge in [-0.2, -0.15) is 0 Å². The van der Waals surface area contributed by atoms with Crippen LogP contribution in [0.25, 0.3) is 0 Å². The van der Waals surface area contributed by atoms with E-state index in [4.69, 9.17) is 15.2 Å². The Kier molecular flexibility index (Phi) is 5.75. The van der Waals surface area contributed by atoms with Crippen LogP contribution in [0.5, 0.6) is 11.5 Å². The van der Waals surface area contributed by atoms with E-state index in [0.717, 1.165) is 29.2 Å². The summed E-state index contributed by atoms with van der Waals surface area (Å²) < 4.78 is 38.5. The second kappa shape index (κ2) is 8.63. The first-order chi connectivity index (χ1) is 15.0. The summed E-state index contributed by atoms with van der Waals surface area (Å²) >= 11 is 0. The molecular weight excluding hydrogens is 400 g/mol. The zero-order valence-corrected chi connectivity index (χ0v) is 17.3. The highest BCUT2D eigenvalue weighted by atomic mass is 19.1. The average Bonchev–Trinajstić information content (AvgIpc) is 2.77. The Hall–Kier alpha value is -3.61. The van der Waals surface area contributed by atoms with Crippen LogP contribution in [0.3, 0.4) is 0 Å². The molecule has 4 rings (SSSR count). The van der Waals surface area contributed by atoms with Crippen LogP contribution in [0, 0.1) is 11.6 Å². The summed E-state index contributed by atoms with van der Waals surface area (Å²) in [5.41, 5.74) is 9.60. The van der Waals surface area contributed by atoms with E-state index >= 15 is 0 Å². The number of nitrogens with two attached hydrogens (primary N) is 1. The van der Waals surface area contributed by atoms with Crippen molar-refractivity contribution in [3.63, 3.8) is 0 Å². The zero-order valence-electron chi connectivity index (χ0n) is 17.3. The lowest BCUT2D eigenvalue weighted by Gasteiger charge is -2.27. The van der Waals surface area contributed by atoms with Gasteiger partial charge in [0.15, 0.2) is 11.5 Å². The molecule has 3 N–H and O–H groups in total. The molecule has 0 spiro atoms. The number of fused-ring (bicyclic) bond motifs is 1. The number of nitrogens with zero attached hydrogens (tertiary/aromatic N) is 1. The van der Waals surface area contributed by atoms with Crippen LogP contribution in [0.4, 0.5) is 20.2 Å². The molecule has 7 heteroatoms. The third-order valence-electron chi connectivity index (χ3n) is 5.37. The highest BCUT2D eigenvalue weighted by Crippen LogP contribution is 2.38. The van der Waals surface area contributed by atoms with Gasteiger partial charge in [0.2, 0.25) is 0 Å². The molecule has 3 aromatic rings. The maximum Gasteiger partial charge on any atom is 0.161 e. The van der Waals surface area contributed by atoms with Crippen LogP contribution in [0.1, 0.15) is 22.6 Å². The van der Waals surface area contributed by atoms with E-state index in [0.29, 0.717) is 29.6 Å². The molecule has 3 aromatic carbocycles. The minimum atomic E-state index is -0.686. The van der Waals surface area contributed by atoms with Crippen molar-refractivity contribution in [1.29, 1.82) is 0 Å². The number of rotatable bonds is 5. The van der Waals surface area contributed by atoms with E-state index in [1.165, 1.54) is 12.1 Å². The Morgan fingerprint density at radius 2 is 1.71 bits per heavy atom. The van der Waals surface area contributed by atoms with Gasteiger partial charge in [-0.1, -0.05) is 12.1 Å². The second-order valence-corrected chi connectivity index (χ2v) is 7.38. The molecule has 1 atom stereocenters. The third-order valence-corrected chi connectivity index (χ3v) is 5.37. The number of ether oxygens (including phenoxy) is 2. The number of nitrogens with one attached hydrogen (secondary N) is 1. The summed E-state index contributed by atoms with van der Waals surface area (Å²) in [6, 6.07) is 14.9. The van der Waals surface area contributed by atoms with E-state index in [-0.39, 0.29) is 11.6 Å². The Bertz CT molecular complexity index is 1130. The molecule has 31 heavy (non-hydrogen) atoms. The Morgan fingerprint density at radius 3 is 2.39 bits per heavy atom. The van der Waals surface area contributed by atoms with Crippen LogP contribution < -0.4 is 20.5 Å². The van der Waals surface area contributed by atoms with Gasteiger partial charge >= 0.3 is 0 Å². The lowest BCUT2D eigenvalue weighted by Crippen LogP contribution is -2.25. The van der Waals surface area contributed by atoms with Crippen LogP contribution >= 0.6 is 0 Å². The first-order valence-electron chi connectivity index (χ1n) is 9.85. The largest absolute Gasteiger partial charge is 0.493 e. The summed E-state index contributed by atoms with van der Waals surface area (Å²) in [5, 5.41) is 3.01. The fourth-order valence-corrected chi connectivity index (χ4v) is 3.76. The van der Waals surface area contributed by atoms with Crippen molar-refractivity contribution in [3.05, 3.63) is 82.9 Å².